The molecule has 8 aliphatic carbocycles. The maximum Gasteiger partial charge on any atom is 0.306 e. The quantitative estimate of drug-likeness (QED) is 0.222. The first-order valence-electron chi connectivity index (χ1n) is 23.1. The number of rotatable bonds is 9. The molecule has 56 heavy (non-hydrogen) atoms. The third kappa shape index (κ3) is 6.32. The zero-order valence-corrected chi connectivity index (χ0v) is 35.4. The first-order valence-corrected chi connectivity index (χ1v) is 23.1. The van der Waals surface area contributed by atoms with Crippen molar-refractivity contribution >= 4 is 29.3 Å². The molecule has 0 saturated heterocycles. The number of carboxylic acid groups (broad SMARTS) is 1. The second kappa shape index (κ2) is 14.6. The van der Waals surface area contributed by atoms with Crippen LogP contribution in [-0.4, -0.2) is 51.7 Å². The average molecular weight is 777 g/mol. The third-order valence-corrected chi connectivity index (χ3v) is 20.2. The summed E-state index contributed by atoms with van der Waals surface area (Å²) in [6.45, 7) is 13.7. The van der Waals surface area contributed by atoms with Gasteiger partial charge in [-0.25, -0.2) is 0 Å². The van der Waals surface area contributed by atoms with Crippen LogP contribution in [-0.2, 0) is 28.7 Å². The summed E-state index contributed by atoms with van der Waals surface area (Å²) in [4.78, 5) is 67.1. The average Bonchev–Trinajstić information content (AvgIpc) is 3.69. The lowest BCUT2D eigenvalue weighted by Crippen LogP contribution is -2.60. The van der Waals surface area contributed by atoms with E-state index in [0.717, 1.165) is 70.6 Å². The van der Waals surface area contributed by atoms with E-state index >= 15 is 0 Å². The van der Waals surface area contributed by atoms with Gasteiger partial charge in [0.25, 0.3) is 0 Å². The molecule has 312 valence electrons. The van der Waals surface area contributed by atoms with Gasteiger partial charge in [-0.15, -0.1) is 0 Å². The molecule has 2 N–H and O–H groups in total. The fraction of sp³-hybridized carbons (Fsp3) is 0.896. The SMILES string of the molecule is C[C@H](CCC(=O)O)[C@H]1CC[C@H]2[C@@H]3C(=O)CC4C[C@H](OC(=O)CC[C@@H](C)[C@H]5CCC6C7C(=O)CC8C[C@H](O)CC[C@]8(C)C7CC(=O)[C@@]65C)CC[C@]4(C)[C@H]3CC[C@]12C. The Hall–Kier alpha value is -2.09. The van der Waals surface area contributed by atoms with Crippen molar-refractivity contribution in [2.24, 2.45) is 92.7 Å². The van der Waals surface area contributed by atoms with Crippen molar-refractivity contribution in [3.8, 4) is 0 Å². The van der Waals surface area contributed by atoms with Crippen LogP contribution in [0.25, 0.3) is 0 Å². The van der Waals surface area contributed by atoms with Crippen molar-refractivity contribution < 1.29 is 38.9 Å². The molecule has 8 saturated carbocycles. The Morgan fingerprint density at radius 2 is 1.21 bits per heavy atom. The van der Waals surface area contributed by atoms with Crippen LogP contribution in [0.3, 0.4) is 0 Å². The van der Waals surface area contributed by atoms with Gasteiger partial charge < -0.3 is 14.9 Å². The second-order valence-electron chi connectivity index (χ2n) is 22.3. The summed E-state index contributed by atoms with van der Waals surface area (Å²) >= 11 is 0. The molecule has 0 bridgehead atoms. The van der Waals surface area contributed by atoms with Gasteiger partial charge in [-0.05, 0) is 165 Å². The number of esters is 1. The molecule has 8 heteroatoms. The van der Waals surface area contributed by atoms with E-state index in [-0.39, 0.29) is 88.2 Å². The molecule has 8 rings (SSSR count). The van der Waals surface area contributed by atoms with Crippen LogP contribution in [0.2, 0.25) is 0 Å². The lowest BCUT2D eigenvalue weighted by atomic mass is 9.43. The van der Waals surface area contributed by atoms with E-state index in [2.05, 4.69) is 41.5 Å². The van der Waals surface area contributed by atoms with E-state index in [1.807, 2.05) is 0 Å². The molecule has 18 atom stereocenters. The van der Waals surface area contributed by atoms with Crippen molar-refractivity contribution in [2.45, 2.75) is 176 Å². The van der Waals surface area contributed by atoms with Crippen LogP contribution >= 0.6 is 0 Å². The van der Waals surface area contributed by atoms with Gasteiger partial charge in [0, 0.05) is 49.4 Å². The van der Waals surface area contributed by atoms with Crippen LogP contribution in [0.15, 0.2) is 0 Å². The maximum atomic E-state index is 14.3. The monoisotopic (exact) mass is 777 g/mol. The number of aliphatic carboxylic acids is 1. The summed E-state index contributed by atoms with van der Waals surface area (Å²) in [6.07, 6.45) is 14.1. The summed E-state index contributed by atoms with van der Waals surface area (Å²) in [5.74, 6) is 2.65. The summed E-state index contributed by atoms with van der Waals surface area (Å²) < 4.78 is 6.22. The molecule has 8 fully saturated rings. The highest BCUT2D eigenvalue weighted by molar-refractivity contribution is 5.92. The first-order chi connectivity index (χ1) is 26.4. The largest absolute Gasteiger partial charge is 0.481 e. The number of aliphatic hydroxyl groups is 1. The van der Waals surface area contributed by atoms with Gasteiger partial charge in [-0.1, -0.05) is 41.5 Å². The Kier molecular flexibility index (Phi) is 10.6. The number of hydrogen-bond donors (Lipinski definition) is 2. The number of ketones is 3. The lowest BCUT2D eigenvalue weighted by molar-refractivity contribution is -0.169. The maximum absolute atomic E-state index is 14.3. The Morgan fingerprint density at radius 3 is 1.93 bits per heavy atom. The smallest absolute Gasteiger partial charge is 0.306 e. The van der Waals surface area contributed by atoms with Gasteiger partial charge in [0.15, 0.2) is 0 Å². The van der Waals surface area contributed by atoms with E-state index in [4.69, 9.17) is 4.74 Å². The number of Topliss-reactive ketones (excluding diaryl/α,β-unsaturated/α-hetero) is 3. The normalized spacial score (nSPS) is 49.4. The van der Waals surface area contributed by atoms with Crippen molar-refractivity contribution in [3.05, 3.63) is 0 Å². The van der Waals surface area contributed by atoms with Gasteiger partial charge in [0.1, 0.15) is 23.5 Å². The fourth-order valence-corrected chi connectivity index (χ4v) is 16.9. The van der Waals surface area contributed by atoms with Gasteiger partial charge in [-0.2, -0.15) is 0 Å². The fourth-order valence-electron chi connectivity index (χ4n) is 16.9. The molecule has 8 nitrogen and oxygen atoms in total. The standard InChI is InChI=1S/C48H72O8/c1-26(7-13-41(53)54)32-9-11-34-43-35(17-20-47(32,34)5)45(3)19-16-31(22-29(45)24-38(43)50)56-42(55)14-8-27(2)33-10-12-36-44-37(25-40(52)48(33,36)6)46(4)18-15-30(49)21-28(46)23-39(44)51/h26-37,43-44,49H,7-25H2,1-6H3,(H,53,54)/t26-,27-,28?,29?,30-,31-,32-,33-,34+,35+,36?,37?,43+,44?,45+,46+,47-,48-/m1/s1. The lowest BCUT2D eigenvalue weighted by Gasteiger charge is -2.60. The van der Waals surface area contributed by atoms with E-state index in [1.54, 1.807) is 0 Å². The van der Waals surface area contributed by atoms with Gasteiger partial charge >= 0.3 is 11.9 Å². The summed E-state index contributed by atoms with van der Waals surface area (Å²) in [5, 5.41) is 19.7. The highest BCUT2D eigenvalue weighted by atomic mass is 16.5. The highest BCUT2D eigenvalue weighted by Gasteiger charge is 2.67. The number of ether oxygens (including phenoxy) is 1. The number of carbonyl (C=O) groups is 5. The Bertz CT molecular complexity index is 1600. The Labute approximate surface area is 335 Å². The first kappa shape index (κ1) is 40.7. The number of carboxylic acids is 1. The van der Waals surface area contributed by atoms with Crippen molar-refractivity contribution in [3.63, 3.8) is 0 Å². The Morgan fingerprint density at radius 1 is 0.661 bits per heavy atom. The summed E-state index contributed by atoms with van der Waals surface area (Å²) in [5.41, 5.74) is -0.431. The van der Waals surface area contributed by atoms with Gasteiger partial charge in [-0.3, -0.25) is 24.0 Å². The molecule has 0 heterocycles. The topological polar surface area (TPSA) is 135 Å². The van der Waals surface area contributed by atoms with Crippen molar-refractivity contribution in [2.75, 3.05) is 0 Å². The number of fused-ring (bicyclic) bond motifs is 10. The van der Waals surface area contributed by atoms with E-state index in [1.165, 1.54) is 0 Å². The third-order valence-electron chi connectivity index (χ3n) is 20.2. The molecule has 0 radical (unpaired) electrons. The van der Waals surface area contributed by atoms with Crippen molar-refractivity contribution in [1.29, 1.82) is 0 Å². The van der Waals surface area contributed by atoms with Gasteiger partial charge in [0.05, 0.1) is 6.10 Å². The van der Waals surface area contributed by atoms with E-state index in [9.17, 15) is 34.2 Å². The molecule has 0 aromatic heterocycles. The number of aliphatic hydroxyl groups excluding tert-OH is 1. The molecule has 0 aromatic rings. The van der Waals surface area contributed by atoms with Crippen LogP contribution in [0.1, 0.15) is 164 Å². The molecule has 8 aliphatic rings. The molecule has 0 aliphatic heterocycles. The summed E-state index contributed by atoms with van der Waals surface area (Å²) in [6, 6.07) is 0. The number of hydrogen-bond acceptors (Lipinski definition) is 7. The Balaban J connectivity index is 0.860. The molecule has 0 aromatic carbocycles. The minimum absolute atomic E-state index is 0.0623. The molecular formula is C48H72O8. The van der Waals surface area contributed by atoms with Crippen LogP contribution < -0.4 is 0 Å². The predicted octanol–water partition coefficient (Wildman–Crippen LogP) is 9.03. The predicted molar refractivity (Wildman–Crippen MR) is 212 cm³/mol. The minimum Gasteiger partial charge on any atom is -0.481 e. The zero-order valence-electron chi connectivity index (χ0n) is 35.4. The summed E-state index contributed by atoms with van der Waals surface area (Å²) in [7, 11) is 0. The highest BCUT2D eigenvalue weighted by Crippen LogP contribution is 2.69. The molecular weight excluding hydrogens is 705 g/mol. The van der Waals surface area contributed by atoms with Gasteiger partial charge in [0.2, 0.25) is 0 Å². The number of carbonyl (C=O) groups excluding carboxylic acids is 4. The molecule has 0 spiro atoms. The zero-order chi connectivity index (χ0) is 40.1. The van der Waals surface area contributed by atoms with Crippen LogP contribution in [0.4, 0.5) is 0 Å². The van der Waals surface area contributed by atoms with Crippen LogP contribution in [0.5, 0.6) is 0 Å². The van der Waals surface area contributed by atoms with Crippen molar-refractivity contribution in [1.82, 2.24) is 0 Å². The van der Waals surface area contributed by atoms with Crippen LogP contribution in [0, 0.1) is 92.7 Å². The second-order valence-corrected chi connectivity index (χ2v) is 22.3. The minimum atomic E-state index is -0.724. The molecule has 5 unspecified atom stereocenters. The van der Waals surface area contributed by atoms with E-state index < -0.39 is 11.4 Å². The molecule has 0 amide bonds. The van der Waals surface area contributed by atoms with E-state index in [0.29, 0.717) is 86.0 Å².